The van der Waals surface area contributed by atoms with Gasteiger partial charge in [-0.05, 0) is 24.3 Å². The van der Waals surface area contributed by atoms with E-state index in [1.165, 1.54) is 6.20 Å². The van der Waals surface area contributed by atoms with E-state index in [-0.39, 0.29) is 18.6 Å². The van der Waals surface area contributed by atoms with Crippen molar-refractivity contribution >= 4 is 11.6 Å². The van der Waals surface area contributed by atoms with Crippen molar-refractivity contribution in [3.63, 3.8) is 0 Å². The molecule has 1 saturated heterocycles. The number of hydrogen-bond acceptors (Lipinski definition) is 5. The SMILES string of the molecule is O=C(Nc1ccc(O[C@@H]2CCOC2)cc1)c1cnn(CCO)c1-c1ccccc1. The van der Waals surface area contributed by atoms with Gasteiger partial charge < -0.3 is 19.9 Å². The van der Waals surface area contributed by atoms with E-state index < -0.39 is 0 Å². The highest BCUT2D eigenvalue weighted by Crippen LogP contribution is 2.25. The van der Waals surface area contributed by atoms with Crippen molar-refractivity contribution in [2.75, 3.05) is 25.1 Å². The zero-order chi connectivity index (χ0) is 20.1. The standard InChI is InChI=1S/C22H23N3O4/c26-12-11-25-21(16-4-2-1-3-5-16)20(14-23-25)22(27)24-17-6-8-18(9-7-17)29-19-10-13-28-15-19/h1-9,14,19,26H,10-13,15H2,(H,24,27)/t19-/m1/s1. The van der Waals surface area contributed by atoms with Crippen molar-refractivity contribution in [3.8, 4) is 17.0 Å². The second-order valence-corrected chi connectivity index (χ2v) is 6.80. The van der Waals surface area contributed by atoms with E-state index in [0.29, 0.717) is 30.1 Å². The summed E-state index contributed by atoms with van der Waals surface area (Å²) in [6, 6.07) is 16.8. The van der Waals surface area contributed by atoms with E-state index >= 15 is 0 Å². The lowest BCUT2D eigenvalue weighted by Gasteiger charge is -2.13. The molecule has 0 aliphatic carbocycles. The van der Waals surface area contributed by atoms with Crippen LogP contribution in [0.3, 0.4) is 0 Å². The number of aliphatic hydroxyl groups is 1. The Hall–Kier alpha value is -3.16. The van der Waals surface area contributed by atoms with Crippen molar-refractivity contribution in [3.05, 3.63) is 66.4 Å². The fourth-order valence-corrected chi connectivity index (χ4v) is 3.33. The van der Waals surface area contributed by atoms with Gasteiger partial charge in [-0.2, -0.15) is 5.10 Å². The third-order valence-corrected chi connectivity index (χ3v) is 4.75. The molecule has 1 amide bonds. The van der Waals surface area contributed by atoms with Crippen molar-refractivity contribution in [2.24, 2.45) is 0 Å². The molecule has 3 aromatic rings. The van der Waals surface area contributed by atoms with Gasteiger partial charge in [-0.15, -0.1) is 0 Å². The van der Waals surface area contributed by atoms with Gasteiger partial charge in [0, 0.05) is 17.7 Å². The number of nitrogens with zero attached hydrogens (tertiary/aromatic N) is 2. The predicted molar refractivity (Wildman–Crippen MR) is 109 cm³/mol. The van der Waals surface area contributed by atoms with Crippen LogP contribution >= 0.6 is 0 Å². The molecule has 2 heterocycles. The molecular weight excluding hydrogens is 370 g/mol. The van der Waals surface area contributed by atoms with Crippen LogP contribution in [0.1, 0.15) is 16.8 Å². The van der Waals surface area contributed by atoms with Gasteiger partial charge in [-0.1, -0.05) is 30.3 Å². The summed E-state index contributed by atoms with van der Waals surface area (Å²) in [4.78, 5) is 12.9. The summed E-state index contributed by atoms with van der Waals surface area (Å²) in [5.74, 6) is 0.491. The smallest absolute Gasteiger partial charge is 0.259 e. The number of carbonyl (C=O) groups excluding carboxylic acids is 1. The van der Waals surface area contributed by atoms with Crippen molar-refractivity contribution < 1.29 is 19.4 Å². The van der Waals surface area contributed by atoms with Crippen LogP contribution in [-0.4, -0.2) is 46.7 Å². The van der Waals surface area contributed by atoms with Crippen LogP contribution in [0.15, 0.2) is 60.8 Å². The van der Waals surface area contributed by atoms with Gasteiger partial charge in [0.05, 0.1) is 43.8 Å². The molecule has 7 nitrogen and oxygen atoms in total. The maximum Gasteiger partial charge on any atom is 0.259 e. The monoisotopic (exact) mass is 393 g/mol. The van der Waals surface area contributed by atoms with Gasteiger partial charge in [0.2, 0.25) is 0 Å². The van der Waals surface area contributed by atoms with Crippen LogP contribution < -0.4 is 10.1 Å². The highest BCUT2D eigenvalue weighted by Gasteiger charge is 2.20. The van der Waals surface area contributed by atoms with Crippen LogP contribution in [0.25, 0.3) is 11.3 Å². The number of rotatable bonds is 7. The fourth-order valence-electron chi connectivity index (χ4n) is 3.33. The first-order chi connectivity index (χ1) is 14.2. The van der Waals surface area contributed by atoms with Crippen molar-refractivity contribution in [1.82, 2.24) is 9.78 Å². The van der Waals surface area contributed by atoms with Gasteiger partial charge in [-0.3, -0.25) is 9.48 Å². The normalized spacial score (nSPS) is 16.0. The van der Waals surface area contributed by atoms with Crippen LogP contribution in [0.4, 0.5) is 5.69 Å². The molecule has 0 bridgehead atoms. The van der Waals surface area contributed by atoms with E-state index in [4.69, 9.17) is 9.47 Å². The third kappa shape index (κ3) is 4.47. The second kappa shape index (κ2) is 8.89. The van der Waals surface area contributed by atoms with Crippen LogP contribution in [0.2, 0.25) is 0 Å². The Morgan fingerprint density at radius 3 is 2.69 bits per heavy atom. The molecule has 1 aromatic heterocycles. The minimum atomic E-state index is -0.258. The average Bonchev–Trinajstić information content (AvgIpc) is 3.40. The minimum Gasteiger partial charge on any atom is -0.488 e. The van der Waals surface area contributed by atoms with Crippen LogP contribution in [0.5, 0.6) is 5.75 Å². The number of aromatic nitrogens is 2. The summed E-state index contributed by atoms with van der Waals surface area (Å²) in [6.45, 7) is 1.59. The molecule has 1 fully saturated rings. The molecule has 0 radical (unpaired) electrons. The molecule has 0 spiro atoms. The number of nitrogens with one attached hydrogen (secondary N) is 1. The lowest BCUT2D eigenvalue weighted by molar-refractivity contribution is 0.102. The van der Waals surface area contributed by atoms with Gasteiger partial charge in [0.15, 0.2) is 0 Å². The zero-order valence-corrected chi connectivity index (χ0v) is 16.0. The van der Waals surface area contributed by atoms with Crippen LogP contribution in [0, 0.1) is 0 Å². The maximum atomic E-state index is 12.9. The minimum absolute atomic E-state index is 0.0595. The van der Waals surface area contributed by atoms with E-state index in [2.05, 4.69) is 10.4 Å². The van der Waals surface area contributed by atoms with E-state index in [0.717, 1.165) is 24.3 Å². The molecule has 7 heteroatoms. The number of amides is 1. The molecular formula is C22H23N3O4. The zero-order valence-electron chi connectivity index (χ0n) is 16.0. The summed E-state index contributed by atoms with van der Waals surface area (Å²) < 4.78 is 12.8. The summed E-state index contributed by atoms with van der Waals surface area (Å²) >= 11 is 0. The first-order valence-electron chi connectivity index (χ1n) is 9.62. The molecule has 29 heavy (non-hydrogen) atoms. The Bertz CT molecular complexity index is 948. The quantitative estimate of drug-likeness (QED) is 0.645. The average molecular weight is 393 g/mol. The van der Waals surface area contributed by atoms with Gasteiger partial charge in [-0.25, -0.2) is 0 Å². The van der Waals surface area contributed by atoms with Crippen molar-refractivity contribution in [2.45, 2.75) is 19.1 Å². The fraction of sp³-hybridized carbons (Fsp3) is 0.273. The van der Waals surface area contributed by atoms with E-state index in [1.54, 1.807) is 4.68 Å². The summed E-state index contributed by atoms with van der Waals surface area (Å²) in [6.07, 6.45) is 2.50. The number of ether oxygens (including phenoxy) is 2. The maximum absolute atomic E-state index is 12.9. The number of aliphatic hydroxyl groups excluding tert-OH is 1. The number of carbonyl (C=O) groups is 1. The molecule has 2 aromatic carbocycles. The van der Waals surface area contributed by atoms with Crippen molar-refractivity contribution in [1.29, 1.82) is 0 Å². The van der Waals surface area contributed by atoms with Crippen LogP contribution in [-0.2, 0) is 11.3 Å². The summed E-state index contributed by atoms with van der Waals surface area (Å²) in [7, 11) is 0. The van der Waals surface area contributed by atoms with E-state index in [9.17, 15) is 9.90 Å². The third-order valence-electron chi connectivity index (χ3n) is 4.75. The Morgan fingerprint density at radius 1 is 1.21 bits per heavy atom. The van der Waals surface area contributed by atoms with Gasteiger partial charge in [0.1, 0.15) is 11.9 Å². The molecule has 1 aliphatic heterocycles. The largest absolute Gasteiger partial charge is 0.488 e. The molecule has 0 unspecified atom stereocenters. The number of hydrogen-bond donors (Lipinski definition) is 2. The Morgan fingerprint density at radius 2 is 2.00 bits per heavy atom. The molecule has 0 saturated carbocycles. The lowest BCUT2D eigenvalue weighted by atomic mass is 10.1. The molecule has 1 aliphatic rings. The lowest BCUT2D eigenvalue weighted by Crippen LogP contribution is -2.16. The number of anilines is 1. The van der Waals surface area contributed by atoms with E-state index in [1.807, 2.05) is 54.6 Å². The second-order valence-electron chi connectivity index (χ2n) is 6.80. The first-order valence-corrected chi connectivity index (χ1v) is 9.62. The number of benzene rings is 2. The predicted octanol–water partition coefficient (Wildman–Crippen LogP) is 2.96. The molecule has 2 N–H and O–H groups in total. The Kier molecular flexibility index (Phi) is 5.88. The Balaban J connectivity index is 1.51. The van der Waals surface area contributed by atoms with Gasteiger partial charge in [0.25, 0.3) is 5.91 Å². The Labute approximate surface area is 168 Å². The molecule has 4 rings (SSSR count). The van der Waals surface area contributed by atoms with Gasteiger partial charge >= 0.3 is 0 Å². The highest BCUT2D eigenvalue weighted by molar-refractivity contribution is 6.08. The highest BCUT2D eigenvalue weighted by atomic mass is 16.5. The first kappa shape index (κ1) is 19.2. The topological polar surface area (TPSA) is 85.6 Å². The molecule has 1 atom stereocenters. The summed E-state index contributed by atoms with van der Waals surface area (Å²) in [5, 5.41) is 16.5. The molecule has 150 valence electrons. The summed E-state index contributed by atoms with van der Waals surface area (Å²) in [5.41, 5.74) is 2.66.